The number of ether oxygens (including phenoxy) is 2. The molecule has 0 saturated carbocycles. The minimum atomic E-state index is -0.282. The van der Waals surface area contributed by atoms with E-state index in [4.69, 9.17) is 13.9 Å². The molecule has 0 N–H and O–H groups in total. The fourth-order valence-corrected chi connectivity index (χ4v) is 3.62. The highest BCUT2D eigenvalue weighted by molar-refractivity contribution is 5.76. The molecule has 1 aliphatic heterocycles. The number of methoxy groups -OCH3 is 1. The summed E-state index contributed by atoms with van der Waals surface area (Å²) in [5, 5.41) is 0. The summed E-state index contributed by atoms with van der Waals surface area (Å²) in [7, 11) is 1.62. The molecule has 4 rings (SSSR count). The maximum Gasteiger partial charge on any atom is 0.223 e. The van der Waals surface area contributed by atoms with E-state index < -0.39 is 0 Å². The first-order valence-corrected chi connectivity index (χ1v) is 10.4. The number of nitrogens with zero attached hydrogens (tertiary/aromatic N) is 2. The van der Waals surface area contributed by atoms with Crippen LogP contribution in [0.5, 0.6) is 11.5 Å². The zero-order chi connectivity index (χ0) is 21.6. The lowest BCUT2D eigenvalue weighted by molar-refractivity contribution is -0.133. The minimum Gasteiger partial charge on any atom is -0.497 e. The SMILES string of the molecule is COc1ccc(-c2cnc(CCC(=O)N3CCC(Oc4ccc(F)cc4)CC3)o2)cc1. The van der Waals surface area contributed by atoms with E-state index in [1.54, 1.807) is 25.4 Å². The van der Waals surface area contributed by atoms with Crippen LogP contribution < -0.4 is 9.47 Å². The molecule has 0 atom stereocenters. The number of piperidine rings is 1. The Kier molecular flexibility index (Phi) is 6.50. The second-order valence-electron chi connectivity index (χ2n) is 7.50. The number of carbonyl (C=O) groups is 1. The second-order valence-corrected chi connectivity index (χ2v) is 7.50. The molecule has 0 bridgehead atoms. The number of aryl methyl sites for hydroxylation is 1. The van der Waals surface area contributed by atoms with Crippen LogP contribution in [0.25, 0.3) is 11.3 Å². The molecular formula is C24H25FN2O4. The monoisotopic (exact) mass is 424 g/mol. The number of benzene rings is 2. The molecule has 1 aliphatic rings. The van der Waals surface area contributed by atoms with Gasteiger partial charge in [-0.3, -0.25) is 4.79 Å². The summed E-state index contributed by atoms with van der Waals surface area (Å²) < 4.78 is 29.9. The van der Waals surface area contributed by atoms with Crippen LogP contribution in [0.15, 0.2) is 59.1 Å². The summed E-state index contributed by atoms with van der Waals surface area (Å²) in [5.74, 6) is 2.46. The van der Waals surface area contributed by atoms with Gasteiger partial charge in [-0.1, -0.05) is 0 Å². The summed E-state index contributed by atoms with van der Waals surface area (Å²) in [6, 6.07) is 13.6. The lowest BCUT2D eigenvalue weighted by atomic mass is 10.1. The second kappa shape index (κ2) is 9.64. The maximum atomic E-state index is 13.0. The third-order valence-electron chi connectivity index (χ3n) is 5.39. The molecule has 6 nitrogen and oxygen atoms in total. The molecule has 162 valence electrons. The van der Waals surface area contributed by atoms with E-state index >= 15 is 0 Å². The highest BCUT2D eigenvalue weighted by Crippen LogP contribution is 2.24. The van der Waals surface area contributed by atoms with Crippen molar-refractivity contribution in [3.05, 3.63) is 66.4 Å². The first-order valence-electron chi connectivity index (χ1n) is 10.4. The normalized spacial score (nSPS) is 14.5. The van der Waals surface area contributed by atoms with E-state index in [0.717, 1.165) is 24.2 Å². The van der Waals surface area contributed by atoms with Gasteiger partial charge in [-0.15, -0.1) is 0 Å². The van der Waals surface area contributed by atoms with Gasteiger partial charge in [-0.2, -0.15) is 0 Å². The minimum absolute atomic E-state index is 0.0355. The van der Waals surface area contributed by atoms with Crippen molar-refractivity contribution in [2.24, 2.45) is 0 Å². The van der Waals surface area contributed by atoms with Crippen LogP contribution in [0, 0.1) is 5.82 Å². The van der Waals surface area contributed by atoms with Gasteiger partial charge in [0, 0.05) is 44.3 Å². The van der Waals surface area contributed by atoms with E-state index in [2.05, 4.69) is 4.98 Å². The molecule has 0 aliphatic carbocycles. The number of hydrogen-bond donors (Lipinski definition) is 0. The Morgan fingerprint density at radius 3 is 2.45 bits per heavy atom. The van der Waals surface area contributed by atoms with Crippen molar-refractivity contribution < 1.29 is 23.1 Å². The zero-order valence-electron chi connectivity index (χ0n) is 17.4. The Hall–Kier alpha value is -3.35. The van der Waals surface area contributed by atoms with Gasteiger partial charge < -0.3 is 18.8 Å². The number of carbonyl (C=O) groups excluding carboxylic acids is 1. The van der Waals surface area contributed by atoms with Gasteiger partial charge in [-0.25, -0.2) is 9.37 Å². The van der Waals surface area contributed by atoms with Crippen molar-refractivity contribution >= 4 is 5.91 Å². The van der Waals surface area contributed by atoms with Crippen LogP contribution in [0.1, 0.15) is 25.2 Å². The Morgan fingerprint density at radius 2 is 1.77 bits per heavy atom. The molecule has 7 heteroatoms. The highest BCUT2D eigenvalue weighted by atomic mass is 19.1. The standard InChI is InChI=1S/C24H25FN2O4/c1-29-19-6-2-17(3-7-19)22-16-26-23(31-22)10-11-24(28)27-14-12-21(13-15-27)30-20-8-4-18(25)5-9-20/h2-9,16,21H,10-15H2,1H3. The largest absolute Gasteiger partial charge is 0.497 e. The molecule has 31 heavy (non-hydrogen) atoms. The highest BCUT2D eigenvalue weighted by Gasteiger charge is 2.24. The number of oxazole rings is 1. The molecule has 1 aromatic heterocycles. The van der Waals surface area contributed by atoms with Gasteiger partial charge in [0.25, 0.3) is 0 Å². The van der Waals surface area contributed by atoms with Gasteiger partial charge in [0.2, 0.25) is 5.91 Å². The smallest absolute Gasteiger partial charge is 0.223 e. The summed E-state index contributed by atoms with van der Waals surface area (Å²) in [5.41, 5.74) is 0.911. The van der Waals surface area contributed by atoms with E-state index in [9.17, 15) is 9.18 Å². The maximum absolute atomic E-state index is 13.0. The van der Waals surface area contributed by atoms with Crippen LogP contribution >= 0.6 is 0 Å². The van der Waals surface area contributed by atoms with Crippen molar-refractivity contribution in [3.8, 4) is 22.8 Å². The lowest BCUT2D eigenvalue weighted by Gasteiger charge is -2.32. The van der Waals surface area contributed by atoms with E-state index in [1.807, 2.05) is 29.2 Å². The van der Waals surface area contributed by atoms with Gasteiger partial charge in [0.1, 0.15) is 23.4 Å². The van der Waals surface area contributed by atoms with E-state index in [1.165, 1.54) is 12.1 Å². The summed E-state index contributed by atoms with van der Waals surface area (Å²) in [6.45, 7) is 1.29. The molecule has 2 heterocycles. The molecule has 0 radical (unpaired) electrons. The number of hydrogen-bond acceptors (Lipinski definition) is 5. The molecule has 1 saturated heterocycles. The molecule has 0 spiro atoms. The molecule has 1 fully saturated rings. The molecule has 3 aromatic rings. The third kappa shape index (κ3) is 5.42. The summed E-state index contributed by atoms with van der Waals surface area (Å²) in [4.78, 5) is 18.7. The Bertz CT molecular complexity index is 993. The van der Waals surface area contributed by atoms with Crippen molar-refractivity contribution in [1.82, 2.24) is 9.88 Å². The lowest BCUT2D eigenvalue weighted by Crippen LogP contribution is -2.41. The number of aromatic nitrogens is 1. The van der Waals surface area contributed by atoms with Crippen LogP contribution in [0.3, 0.4) is 0 Å². The van der Waals surface area contributed by atoms with Gasteiger partial charge in [-0.05, 0) is 48.5 Å². The van der Waals surface area contributed by atoms with Crippen molar-refractivity contribution in [2.75, 3.05) is 20.2 Å². The fraction of sp³-hybridized carbons (Fsp3) is 0.333. The number of rotatable bonds is 7. The van der Waals surface area contributed by atoms with Crippen molar-refractivity contribution in [2.45, 2.75) is 31.8 Å². The molecular weight excluding hydrogens is 399 g/mol. The first kappa shape index (κ1) is 20.9. The van der Waals surface area contributed by atoms with Gasteiger partial charge in [0.15, 0.2) is 11.7 Å². The number of amides is 1. The van der Waals surface area contributed by atoms with Crippen LogP contribution in [0.2, 0.25) is 0 Å². The average Bonchev–Trinajstić information content (AvgIpc) is 3.29. The zero-order valence-corrected chi connectivity index (χ0v) is 17.4. The Balaban J connectivity index is 1.23. The molecule has 0 unspecified atom stereocenters. The van der Waals surface area contributed by atoms with Crippen LogP contribution in [-0.2, 0) is 11.2 Å². The van der Waals surface area contributed by atoms with Crippen LogP contribution in [-0.4, -0.2) is 42.1 Å². The molecule has 2 aromatic carbocycles. The number of likely N-dealkylation sites (tertiary alicyclic amines) is 1. The average molecular weight is 424 g/mol. The van der Waals surface area contributed by atoms with Gasteiger partial charge >= 0.3 is 0 Å². The predicted octanol–water partition coefficient (Wildman–Crippen LogP) is 4.49. The van der Waals surface area contributed by atoms with Gasteiger partial charge in [0.05, 0.1) is 13.3 Å². The van der Waals surface area contributed by atoms with Crippen molar-refractivity contribution in [3.63, 3.8) is 0 Å². The van der Waals surface area contributed by atoms with Crippen molar-refractivity contribution in [1.29, 1.82) is 0 Å². The molecule has 1 amide bonds. The number of halogens is 1. The summed E-state index contributed by atoms with van der Waals surface area (Å²) >= 11 is 0. The Labute approximate surface area is 180 Å². The first-order chi connectivity index (χ1) is 15.1. The van der Waals surface area contributed by atoms with Crippen LogP contribution in [0.4, 0.5) is 4.39 Å². The predicted molar refractivity (Wildman–Crippen MR) is 113 cm³/mol. The third-order valence-corrected chi connectivity index (χ3v) is 5.39. The quantitative estimate of drug-likeness (QED) is 0.559. The van der Waals surface area contributed by atoms with E-state index in [-0.39, 0.29) is 17.8 Å². The topological polar surface area (TPSA) is 64.8 Å². The van der Waals surface area contributed by atoms with E-state index in [0.29, 0.717) is 43.3 Å². The fourth-order valence-electron chi connectivity index (χ4n) is 3.62. The Morgan fingerprint density at radius 1 is 1.10 bits per heavy atom. The summed E-state index contributed by atoms with van der Waals surface area (Å²) in [6.07, 6.45) is 4.04.